The van der Waals surface area contributed by atoms with Gasteiger partial charge in [0.05, 0.1) is 22.3 Å². The van der Waals surface area contributed by atoms with Gasteiger partial charge in [-0.1, -0.05) is 29.3 Å². The van der Waals surface area contributed by atoms with Crippen molar-refractivity contribution in [1.82, 2.24) is 9.80 Å². The smallest absolute Gasteiger partial charge is 0.244 e. The Balaban J connectivity index is 1.95. The highest BCUT2D eigenvalue weighted by molar-refractivity contribution is 6.39. The second-order valence-electron chi connectivity index (χ2n) is 6.28. The van der Waals surface area contributed by atoms with Crippen LogP contribution in [0.5, 0.6) is 0 Å². The lowest BCUT2D eigenvalue weighted by molar-refractivity contribution is -0.141. The zero-order valence-electron chi connectivity index (χ0n) is 14.9. The molecule has 1 aliphatic rings. The molecule has 0 unspecified atom stereocenters. The number of nitrogens with one attached hydrogen (secondary N) is 1. The van der Waals surface area contributed by atoms with E-state index in [2.05, 4.69) is 5.32 Å². The molecular weight excluding hydrogens is 377 g/mol. The van der Waals surface area contributed by atoms with E-state index in [4.69, 9.17) is 23.2 Å². The molecule has 0 radical (unpaired) electrons. The molecule has 8 heteroatoms. The first kappa shape index (κ1) is 20.5. The zero-order chi connectivity index (χ0) is 19.3. The summed E-state index contributed by atoms with van der Waals surface area (Å²) in [6, 6.07) is 4.96. The first-order valence-electron chi connectivity index (χ1n) is 8.61. The number of carbonyl (C=O) groups excluding carboxylic acids is 3. The van der Waals surface area contributed by atoms with Crippen LogP contribution in [0.1, 0.15) is 26.7 Å². The molecule has 1 N–H and O–H groups in total. The van der Waals surface area contributed by atoms with E-state index in [0.29, 0.717) is 48.2 Å². The fourth-order valence-electron chi connectivity index (χ4n) is 3.01. The second kappa shape index (κ2) is 9.24. The highest BCUT2D eigenvalue weighted by Gasteiger charge is 2.29. The molecule has 142 valence electrons. The van der Waals surface area contributed by atoms with Crippen LogP contribution < -0.4 is 5.32 Å². The molecule has 0 aliphatic carbocycles. The summed E-state index contributed by atoms with van der Waals surface area (Å²) in [4.78, 5) is 39.7. The summed E-state index contributed by atoms with van der Waals surface area (Å²) in [6.07, 6.45) is 1.24. The van der Waals surface area contributed by atoms with Gasteiger partial charge in [-0.2, -0.15) is 0 Å². The third kappa shape index (κ3) is 5.11. The normalized spacial score (nSPS) is 14.8. The van der Waals surface area contributed by atoms with Crippen LogP contribution in [0.4, 0.5) is 5.69 Å². The van der Waals surface area contributed by atoms with Crippen molar-refractivity contribution in [3.05, 3.63) is 28.2 Å². The van der Waals surface area contributed by atoms with E-state index >= 15 is 0 Å². The van der Waals surface area contributed by atoms with E-state index in [1.54, 1.807) is 23.1 Å². The highest BCUT2D eigenvalue weighted by atomic mass is 35.5. The Labute approximate surface area is 163 Å². The topological polar surface area (TPSA) is 69.7 Å². The Bertz CT molecular complexity index is 668. The fourth-order valence-corrected chi connectivity index (χ4v) is 3.51. The number of para-hydroxylation sites is 1. The monoisotopic (exact) mass is 399 g/mol. The molecule has 0 atom stereocenters. The summed E-state index contributed by atoms with van der Waals surface area (Å²) in [6.45, 7) is 4.87. The van der Waals surface area contributed by atoms with Crippen LogP contribution in [0, 0.1) is 5.92 Å². The average molecular weight is 400 g/mol. The van der Waals surface area contributed by atoms with Crippen molar-refractivity contribution in [3.63, 3.8) is 0 Å². The second-order valence-corrected chi connectivity index (χ2v) is 7.09. The minimum absolute atomic E-state index is 0.0271. The van der Waals surface area contributed by atoms with Gasteiger partial charge in [0.2, 0.25) is 17.7 Å². The van der Waals surface area contributed by atoms with Crippen molar-refractivity contribution in [1.29, 1.82) is 0 Å². The quantitative estimate of drug-likeness (QED) is 0.826. The van der Waals surface area contributed by atoms with Gasteiger partial charge in [0.15, 0.2) is 0 Å². The number of anilines is 1. The van der Waals surface area contributed by atoms with E-state index in [1.165, 1.54) is 11.8 Å². The number of likely N-dealkylation sites (N-methyl/N-ethyl adjacent to an activating group) is 1. The molecular formula is C18H23Cl2N3O3. The van der Waals surface area contributed by atoms with E-state index in [-0.39, 0.29) is 30.2 Å². The van der Waals surface area contributed by atoms with Gasteiger partial charge in [-0.05, 0) is 31.9 Å². The third-order valence-electron chi connectivity index (χ3n) is 4.54. The van der Waals surface area contributed by atoms with Gasteiger partial charge in [0.25, 0.3) is 0 Å². The molecule has 0 aromatic heterocycles. The van der Waals surface area contributed by atoms with Crippen LogP contribution in [-0.4, -0.2) is 53.7 Å². The first-order valence-corrected chi connectivity index (χ1v) is 9.37. The molecule has 6 nitrogen and oxygen atoms in total. The standard InChI is InChI=1S/C18H23Cl2N3O3/c1-3-22(18(26)13-7-9-23(10-8-13)12(2)24)11-16(25)21-17-14(19)5-4-6-15(17)20/h4-6,13H,3,7-11H2,1-2H3,(H,21,25). The largest absolute Gasteiger partial charge is 0.343 e. The Kier molecular flexibility index (Phi) is 7.29. The minimum Gasteiger partial charge on any atom is -0.343 e. The van der Waals surface area contributed by atoms with Gasteiger partial charge in [0.1, 0.15) is 0 Å². The summed E-state index contributed by atoms with van der Waals surface area (Å²) in [5.41, 5.74) is 0.346. The van der Waals surface area contributed by atoms with Crippen LogP contribution in [0.2, 0.25) is 10.0 Å². The van der Waals surface area contributed by atoms with Crippen LogP contribution in [0.15, 0.2) is 18.2 Å². The maximum absolute atomic E-state index is 12.7. The van der Waals surface area contributed by atoms with E-state index in [9.17, 15) is 14.4 Å². The maximum Gasteiger partial charge on any atom is 0.244 e. The predicted octanol–water partition coefficient (Wildman–Crippen LogP) is 3.04. The van der Waals surface area contributed by atoms with Crippen molar-refractivity contribution in [2.75, 3.05) is 31.5 Å². The third-order valence-corrected chi connectivity index (χ3v) is 5.17. The molecule has 0 bridgehead atoms. The number of carbonyl (C=O) groups is 3. The maximum atomic E-state index is 12.7. The van der Waals surface area contributed by atoms with E-state index < -0.39 is 0 Å². The Morgan fingerprint density at radius 3 is 2.27 bits per heavy atom. The fraction of sp³-hybridized carbons (Fsp3) is 0.500. The summed E-state index contributed by atoms with van der Waals surface area (Å²) in [7, 11) is 0. The lowest BCUT2D eigenvalue weighted by Crippen LogP contribution is -2.45. The highest BCUT2D eigenvalue weighted by Crippen LogP contribution is 2.29. The van der Waals surface area contributed by atoms with Crippen LogP contribution in [0.3, 0.4) is 0 Å². The van der Waals surface area contributed by atoms with Crippen LogP contribution in [0.25, 0.3) is 0 Å². The number of likely N-dealkylation sites (tertiary alicyclic amines) is 1. The van der Waals surface area contributed by atoms with Crippen molar-refractivity contribution in [3.8, 4) is 0 Å². The van der Waals surface area contributed by atoms with Crippen LogP contribution >= 0.6 is 23.2 Å². The number of rotatable bonds is 5. The number of benzene rings is 1. The minimum atomic E-state index is -0.351. The number of amides is 3. The Morgan fingerprint density at radius 1 is 1.19 bits per heavy atom. The molecule has 1 fully saturated rings. The number of halogens is 2. The van der Waals surface area contributed by atoms with Gasteiger partial charge in [0, 0.05) is 32.5 Å². The molecule has 1 aromatic rings. The summed E-state index contributed by atoms with van der Waals surface area (Å²) < 4.78 is 0. The molecule has 1 aromatic carbocycles. The van der Waals surface area contributed by atoms with Gasteiger partial charge in [-0.15, -0.1) is 0 Å². The molecule has 3 amide bonds. The van der Waals surface area contributed by atoms with Crippen molar-refractivity contribution < 1.29 is 14.4 Å². The molecule has 1 heterocycles. The molecule has 1 saturated heterocycles. The van der Waals surface area contributed by atoms with Crippen molar-refractivity contribution in [2.45, 2.75) is 26.7 Å². The Morgan fingerprint density at radius 2 is 1.77 bits per heavy atom. The van der Waals surface area contributed by atoms with Gasteiger partial charge in [-0.25, -0.2) is 0 Å². The lowest BCUT2D eigenvalue weighted by atomic mass is 9.95. The van der Waals surface area contributed by atoms with Crippen LogP contribution in [-0.2, 0) is 14.4 Å². The first-order chi connectivity index (χ1) is 12.3. The number of hydrogen-bond acceptors (Lipinski definition) is 3. The predicted molar refractivity (Wildman–Crippen MR) is 102 cm³/mol. The van der Waals surface area contributed by atoms with Gasteiger partial charge >= 0.3 is 0 Å². The van der Waals surface area contributed by atoms with E-state index in [0.717, 1.165) is 0 Å². The summed E-state index contributed by atoms with van der Waals surface area (Å²) in [5.74, 6) is -0.547. The van der Waals surface area contributed by atoms with E-state index in [1.807, 2.05) is 6.92 Å². The lowest BCUT2D eigenvalue weighted by Gasteiger charge is -2.33. The number of hydrogen-bond donors (Lipinski definition) is 1. The summed E-state index contributed by atoms with van der Waals surface area (Å²) >= 11 is 12.1. The van der Waals surface area contributed by atoms with Crippen molar-refractivity contribution in [2.24, 2.45) is 5.92 Å². The molecule has 0 saturated carbocycles. The number of nitrogens with zero attached hydrogens (tertiary/aromatic N) is 2. The molecule has 26 heavy (non-hydrogen) atoms. The molecule has 1 aliphatic heterocycles. The van der Waals surface area contributed by atoms with Crippen molar-refractivity contribution >= 4 is 46.6 Å². The average Bonchev–Trinajstić information content (AvgIpc) is 2.62. The SMILES string of the molecule is CCN(CC(=O)Nc1c(Cl)cccc1Cl)C(=O)C1CCN(C(C)=O)CC1. The number of piperidine rings is 1. The Hall–Kier alpha value is -1.79. The zero-order valence-corrected chi connectivity index (χ0v) is 16.4. The van der Waals surface area contributed by atoms with Gasteiger partial charge < -0.3 is 15.1 Å². The molecule has 2 rings (SSSR count). The molecule has 0 spiro atoms. The summed E-state index contributed by atoms with van der Waals surface area (Å²) in [5, 5.41) is 3.36. The van der Waals surface area contributed by atoms with Gasteiger partial charge in [-0.3, -0.25) is 14.4 Å².